The highest BCUT2D eigenvalue weighted by Gasteiger charge is 2.59. The van der Waals surface area contributed by atoms with Crippen molar-refractivity contribution in [2.75, 3.05) is 10.3 Å². The Morgan fingerprint density at radius 3 is 2.31 bits per heavy atom. The average Bonchev–Trinajstić information content (AvgIpc) is 3.51. The standard InChI is InChI=1S/C24H19N5O3/c30-22(28-27-21-17-3-1-2-4-18(17)25-12-26-21)13-7-9-16(10-8-13)29-23(31)19-14-5-6-15(11-14)20(19)24(29)32/h1-10,12,14-15,19-20H,11H2,(H,28,30)(H,25,26,27)/t14-,15-,19+,20+/m0/s1. The Hall–Kier alpha value is -4.07. The van der Waals surface area contributed by atoms with Crippen molar-refractivity contribution in [3.05, 3.63) is 72.6 Å². The van der Waals surface area contributed by atoms with E-state index in [2.05, 4.69) is 33.0 Å². The summed E-state index contributed by atoms with van der Waals surface area (Å²) < 4.78 is 0. The van der Waals surface area contributed by atoms with Gasteiger partial charge in [-0.2, -0.15) is 0 Å². The van der Waals surface area contributed by atoms with E-state index in [0.717, 1.165) is 17.3 Å². The second-order valence-corrected chi connectivity index (χ2v) is 8.38. The first-order valence-electron chi connectivity index (χ1n) is 10.5. The highest BCUT2D eigenvalue weighted by molar-refractivity contribution is 6.22. The highest BCUT2D eigenvalue weighted by Crippen LogP contribution is 2.53. The lowest BCUT2D eigenvalue weighted by atomic mass is 9.85. The minimum Gasteiger partial charge on any atom is -0.281 e. The minimum atomic E-state index is -0.363. The van der Waals surface area contributed by atoms with Crippen molar-refractivity contribution in [3.8, 4) is 0 Å². The van der Waals surface area contributed by atoms with Crippen LogP contribution in [0.2, 0.25) is 0 Å². The van der Waals surface area contributed by atoms with Crippen LogP contribution in [0.3, 0.4) is 0 Å². The van der Waals surface area contributed by atoms with Gasteiger partial charge < -0.3 is 0 Å². The molecule has 3 aliphatic rings. The molecule has 8 nitrogen and oxygen atoms in total. The first kappa shape index (κ1) is 18.7. The number of nitrogens with zero attached hydrogens (tertiary/aromatic N) is 3. The summed E-state index contributed by atoms with van der Waals surface area (Å²) in [6, 6.07) is 14.0. The zero-order chi connectivity index (χ0) is 21.8. The van der Waals surface area contributed by atoms with Crippen LogP contribution in [0, 0.1) is 23.7 Å². The normalized spacial score (nSPS) is 25.4. The van der Waals surface area contributed by atoms with Crippen LogP contribution in [-0.2, 0) is 9.59 Å². The molecule has 32 heavy (non-hydrogen) atoms. The molecule has 8 heteroatoms. The van der Waals surface area contributed by atoms with E-state index in [1.165, 1.54) is 11.2 Å². The maximum Gasteiger partial charge on any atom is 0.269 e. The molecule has 2 aromatic carbocycles. The van der Waals surface area contributed by atoms with Gasteiger partial charge in [0.25, 0.3) is 5.91 Å². The SMILES string of the molecule is O=C(NNc1ncnc2ccccc12)c1ccc(N2C(=O)[C@H]3[C@H](C2=O)[C@H]2C=C[C@H]3C2)cc1. The smallest absolute Gasteiger partial charge is 0.269 e. The third kappa shape index (κ3) is 2.72. The van der Waals surface area contributed by atoms with Gasteiger partial charge in [0.05, 0.1) is 23.0 Å². The van der Waals surface area contributed by atoms with Gasteiger partial charge >= 0.3 is 0 Å². The van der Waals surface area contributed by atoms with Crippen molar-refractivity contribution in [1.82, 2.24) is 15.4 Å². The Kier molecular flexibility index (Phi) is 4.07. The van der Waals surface area contributed by atoms with Gasteiger partial charge in [-0.15, -0.1) is 0 Å². The number of aromatic nitrogens is 2. The molecule has 0 radical (unpaired) electrons. The third-order valence-corrected chi connectivity index (χ3v) is 6.70. The van der Waals surface area contributed by atoms with Crippen molar-refractivity contribution in [2.24, 2.45) is 23.7 Å². The quantitative estimate of drug-likeness (QED) is 0.378. The molecular formula is C24H19N5O3. The number of carbonyl (C=O) groups is 3. The van der Waals surface area contributed by atoms with Crippen LogP contribution in [0.5, 0.6) is 0 Å². The van der Waals surface area contributed by atoms with Crippen LogP contribution in [0.4, 0.5) is 11.5 Å². The fourth-order valence-electron chi connectivity index (χ4n) is 5.21. The van der Waals surface area contributed by atoms with E-state index in [4.69, 9.17) is 0 Å². The van der Waals surface area contributed by atoms with E-state index in [0.29, 0.717) is 17.1 Å². The molecule has 6 rings (SSSR count). The van der Waals surface area contributed by atoms with Crippen molar-refractivity contribution >= 4 is 40.1 Å². The number of rotatable bonds is 4. The number of amides is 3. The van der Waals surface area contributed by atoms with Crippen LogP contribution < -0.4 is 15.8 Å². The second kappa shape index (κ2) is 6.98. The maximum absolute atomic E-state index is 12.9. The van der Waals surface area contributed by atoms with Gasteiger partial charge in [0.1, 0.15) is 6.33 Å². The van der Waals surface area contributed by atoms with Gasteiger partial charge in [-0.1, -0.05) is 24.3 Å². The highest BCUT2D eigenvalue weighted by atomic mass is 16.2. The second-order valence-electron chi connectivity index (χ2n) is 8.38. The fraction of sp³-hybridized carbons (Fsp3) is 0.208. The van der Waals surface area contributed by atoms with Crippen molar-refractivity contribution in [2.45, 2.75) is 6.42 Å². The van der Waals surface area contributed by atoms with E-state index in [-0.39, 0.29) is 41.4 Å². The fourth-order valence-corrected chi connectivity index (χ4v) is 5.21. The summed E-state index contributed by atoms with van der Waals surface area (Å²) in [5.41, 5.74) is 7.12. The summed E-state index contributed by atoms with van der Waals surface area (Å²) in [6.45, 7) is 0. The van der Waals surface area contributed by atoms with Crippen molar-refractivity contribution in [1.29, 1.82) is 0 Å². The Bertz CT molecular complexity index is 1270. The van der Waals surface area contributed by atoms with E-state index in [1.54, 1.807) is 24.3 Å². The van der Waals surface area contributed by atoms with Crippen LogP contribution in [-0.4, -0.2) is 27.7 Å². The van der Waals surface area contributed by atoms with Gasteiger partial charge in [0.2, 0.25) is 11.8 Å². The summed E-state index contributed by atoms with van der Waals surface area (Å²) in [5.74, 6) is -0.292. The van der Waals surface area contributed by atoms with Gasteiger partial charge in [0.15, 0.2) is 5.82 Å². The zero-order valence-electron chi connectivity index (χ0n) is 16.9. The summed E-state index contributed by atoms with van der Waals surface area (Å²) >= 11 is 0. The minimum absolute atomic E-state index is 0.133. The van der Waals surface area contributed by atoms with E-state index >= 15 is 0 Å². The molecule has 1 saturated carbocycles. The topological polar surface area (TPSA) is 104 Å². The first-order chi connectivity index (χ1) is 15.6. The number of carbonyl (C=O) groups excluding carboxylic acids is 3. The average molecular weight is 425 g/mol. The number of hydrogen-bond donors (Lipinski definition) is 2. The Labute approximate surface area is 183 Å². The maximum atomic E-state index is 12.9. The van der Waals surface area contributed by atoms with Crippen LogP contribution in [0.15, 0.2) is 67.0 Å². The number of hydrogen-bond acceptors (Lipinski definition) is 6. The molecule has 1 aromatic heterocycles. The van der Waals surface area contributed by atoms with Crippen LogP contribution in [0.1, 0.15) is 16.8 Å². The number of allylic oxidation sites excluding steroid dienone is 2. The van der Waals surface area contributed by atoms with E-state index in [9.17, 15) is 14.4 Å². The monoisotopic (exact) mass is 425 g/mol. The first-order valence-corrected chi connectivity index (χ1v) is 10.5. The Morgan fingerprint density at radius 1 is 0.906 bits per heavy atom. The predicted octanol–water partition coefficient (Wildman–Crippen LogP) is 2.70. The largest absolute Gasteiger partial charge is 0.281 e. The van der Waals surface area contributed by atoms with Gasteiger partial charge in [0, 0.05) is 10.9 Å². The van der Waals surface area contributed by atoms with Gasteiger partial charge in [-0.3, -0.25) is 30.1 Å². The molecule has 2 N–H and O–H groups in total. The van der Waals surface area contributed by atoms with Crippen molar-refractivity contribution < 1.29 is 14.4 Å². The van der Waals surface area contributed by atoms with Gasteiger partial charge in [-0.25, -0.2) is 9.97 Å². The number of anilines is 2. The molecular weight excluding hydrogens is 406 g/mol. The predicted molar refractivity (Wildman–Crippen MR) is 117 cm³/mol. The number of fused-ring (bicyclic) bond motifs is 6. The number of nitrogens with one attached hydrogen (secondary N) is 2. The molecule has 2 aliphatic carbocycles. The summed E-state index contributed by atoms with van der Waals surface area (Å²) in [5, 5.41) is 0.783. The van der Waals surface area contributed by atoms with Crippen molar-refractivity contribution in [3.63, 3.8) is 0 Å². The Balaban J connectivity index is 1.17. The lowest BCUT2D eigenvalue weighted by Gasteiger charge is -2.17. The van der Waals surface area contributed by atoms with E-state index < -0.39 is 0 Å². The summed E-state index contributed by atoms with van der Waals surface area (Å²) in [4.78, 5) is 48.1. The molecule has 3 amide bonds. The molecule has 2 fully saturated rings. The summed E-state index contributed by atoms with van der Waals surface area (Å²) in [6.07, 6.45) is 6.46. The molecule has 0 unspecified atom stereocenters. The molecule has 158 valence electrons. The lowest BCUT2D eigenvalue weighted by molar-refractivity contribution is -0.123. The van der Waals surface area contributed by atoms with E-state index in [1.807, 2.05) is 24.3 Å². The number of benzene rings is 2. The molecule has 4 atom stereocenters. The molecule has 2 heterocycles. The number of hydrazine groups is 1. The van der Waals surface area contributed by atoms with Crippen LogP contribution >= 0.6 is 0 Å². The van der Waals surface area contributed by atoms with Gasteiger partial charge in [-0.05, 0) is 54.7 Å². The van der Waals surface area contributed by atoms with Crippen LogP contribution in [0.25, 0.3) is 10.9 Å². The molecule has 0 spiro atoms. The number of para-hydroxylation sites is 1. The molecule has 1 saturated heterocycles. The third-order valence-electron chi connectivity index (χ3n) is 6.70. The molecule has 2 bridgehead atoms. The summed E-state index contributed by atoms with van der Waals surface area (Å²) in [7, 11) is 0. The lowest BCUT2D eigenvalue weighted by Crippen LogP contribution is -2.33. The zero-order valence-corrected chi connectivity index (χ0v) is 16.9. The Morgan fingerprint density at radius 2 is 1.59 bits per heavy atom. The number of imide groups is 1. The molecule has 3 aromatic rings. The molecule has 1 aliphatic heterocycles.